The van der Waals surface area contributed by atoms with Crippen LogP contribution in [0.5, 0.6) is 0 Å². The van der Waals surface area contributed by atoms with E-state index in [9.17, 15) is 9.59 Å². The number of hydrogen-bond donors (Lipinski definition) is 3. The van der Waals surface area contributed by atoms with Crippen LogP contribution >= 0.6 is 11.6 Å². The van der Waals surface area contributed by atoms with Crippen LogP contribution in [0.4, 0.5) is 0 Å². The molecule has 0 saturated carbocycles. The summed E-state index contributed by atoms with van der Waals surface area (Å²) in [6.45, 7) is 14.9. The van der Waals surface area contributed by atoms with Crippen molar-refractivity contribution in [3.63, 3.8) is 0 Å². The van der Waals surface area contributed by atoms with Gasteiger partial charge in [-0.1, -0.05) is 78.6 Å². The van der Waals surface area contributed by atoms with E-state index in [0.29, 0.717) is 23.5 Å². The summed E-state index contributed by atoms with van der Waals surface area (Å²) in [6, 6.07) is 7.79. The fraction of sp³-hybridized carbons (Fsp3) is 0.593. The van der Waals surface area contributed by atoms with Crippen molar-refractivity contribution in [3.05, 3.63) is 46.1 Å². The van der Waals surface area contributed by atoms with E-state index in [1.165, 1.54) is 0 Å². The predicted molar refractivity (Wildman–Crippen MR) is 145 cm³/mol. The highest BCUT2D eigenvalue weighted by Crippen LogP contribution is 2.17. The van der Waals surface area contributed by atoms with E-state index in [1.54, 1.807) is 19.2 Å². The Bertz CT molecular complexity index is 814. The molecule has 1 atom stereocenters. The van der Waals surface area contributed by atoms with Gasteiger partial charge < -0.3 is 16.4 Å². The Morgan fingerprint density at radius 1 is 1.21 bits per heavy atom. The van der Waals surface area contributed by atoms with Gasteiger partial charge in [0, 0.05) is 42.4 Å². The van der Waals surface area contributed by atoms with Crippen LogP contribution in [0.2, 0.25) is 5.02 Å². The van der Waals surface area contributed by atoms with Gasteiger partial charge in [-0.2, -0.15) is 0 Å². The molecule has 1 heterocycles. The van der Waals surface area contributed by atoms with Gasteiger partial charge in [0.15, 0.2) is 0 Å². The first kappa shape index (κ1) is 31.7. The third-order valence-electron chi connectivity index (χ3n) is 5.37. The molecule has 7 heteroatoms. The molecule has 2 amide bonds. The molecule has 1 aliphatic heterocycles. The van der Waals surface area contributed by atoms with Crippen LogP contribution in [0.25, 0.3) is 0 Å². The van der Waals surface area contributed by atoms with Crippen LogP contribution in [0.3, 0.4) is 0 Å². The summed E-state index contributed by atoms with van der Waals surface area (Å²) in [5, 5.41) is 6.44. The zero-order valence-electron chi connectivity index (χ0n) is 22.3. The minimum atomic E-state index is -0.259. The molecule has 1 aliphatic rings. The third kappa shape index (κ3) is 11.2. The molecule has 0 radical (unpaired) electrons. The molecular weight excluding hydrogens is 448 g/mol. The van der Waals surface area contributed by atoms with Crippen LogP contribution in [0, 0.1) is 11.8 Å². The molecule has 34 heavy (non-hydrogen) atoms. The summed E-state index contributed by atoms with van der Waals surface area (Å²) in [7, 11) is 1.74. The molecular formula is C27H45ClN4O2. The lowest BCUT2D eigenvalue weighted by Gasteiger charge is -2.16. The second kappa shape index (κ2) is 17.1. The lowest BCUT2D eigenvalue weighted by Crippen LogP contribution is -2.31. The highest BCUT2D eigenvalue weighted by Gasteiger charge is 2.22. The number of carbonyl (C=O) groups is 2. The number of amides is 2. The molecule has 0 aromatic heterocycles. The predicted octanol–water partition coefficient (Wildman–Crippen LogP) is 5.64. The number of carbonyl (C=O) groups excluding carboxylic acids is 2. The third-order valence-corrected chi connectivity index (χ3v) is 5.62. The van der Waals surface area contributed by atoms with E-state index in [1.807, 2.05) is 26.0 Å². The highest BCUT2D eigenvalue weighted by molar-refractivity contribution is 6.30. The van der Waals surface area contributed by atoms with Gasteiger partial charge in [-0.05, 0) is 42.4 Å². The van der Waals surface area contributed by atoms with E-state index < -0.39 is 0 Å². The van der Waals surface area contributed by atoms with Crippen molar-refractivity contribution in [1.82, 2.24) is 10.6 Å². The largest absolute Gasteiger partial charge is 0.394 e. The standard InChI is InChI=1S/C18H26ClN3O.C7H13NO.C2H6/c1-5-6-15(17(21-4)12(2)3)16(20)18(23)22-11-13-7-9-14(19)10-8-13;1-5(2)6-3-4-7(9)8-6;1-2/h7-10,12H,5-6,11,20H2,1-4H3,(H,22,23);5-6H,3-4H2,1-2H3,(H,8,9);1-2H3/b16-15-,21-17?;;. The second-order valence-electron chi connectivity index (χ2n) is 8.67. The van der Waals surface area contributed by atoms with E-state index >= 15 is 0 Å². The first-order valence-electron chi connectivity index (χ1n) is 12.4. The molecule has 0 aliphatic carbocycles. The molecule has 1 fully saturated rings. The first-order chi connectivity index (χ1) is 16.1. The van der Waals surface area contributed by atoms with Crippen molar-refractivity contribution >= 4 is 29.1 Å². The lowest BCUT2D eigenvalue weighted by molar-refractivity contribution is -0.119. The number of rotatable bonds is 8. The minimum absolute atomic E-state index is 0.216. The molecule has 1 unspecified atom stereocenters. The van der Waals surface area contributed by atoms with Crippen LogP contribution in [0.15, 0.2) is 40.5 Å². The van der Waals surface area contributed by atoms with E-state index in [2.05, 4.69) is 50.2 Å². The first-order valence-corrected chi connectivity index (χ1v) is 12.8. The molecule has 0 bridgehead atoms. The number of aliphatic imine (C=N–C) groups is 1. The molecule has 192 valence electrons. The number of benzene rings is 1. The number of hydrogen-bond acceptors (Lipinski definition) is 4. The maximum absolute atomic E-state index is 12.4. The fourth-order valence-electron chi connectivity index (χ4n) is 3.55. The van der Waals surface area contributed by atoms with Crippen LogP contribution in [0.1, 0.15) is 79.7 Å². The van der Waals surface area contributed by atoms with Crippen molar-refractivity contribution < 1.29 is 9.59 Å². The Kier molecular flexibility index (Phi) is 16.0. The average molecular weight is 493 g/mol. The molecule has 6 nitrogen and oxygen atoms in total. The van der Waals surface area contributed by atoms with Crippen LogP contribution in [-0.4, -0.2) is 30.6 Å². The van der Waals surface area contributed by atoms with Crippen LogP contribution in [-0.2, 0) is 16.1 Å². The summed E-state index contributed by atoms with van der Waals surface area (Å²) in [5.74, 6) is 0.777. The van der Waals surface area contributed by atoms with Crippen molar-refractivity contribution in [3.8, 4) is 0 Å². The summed E-state index contributed by atoms with van der Waals surface area (Å²) >= 11 is 5.85. The lowest BCUT2D eigenvalue weighted by atomic mass is 9.94. The SMILES string of the molecule is CC.CC(C)C1CCC(=O)N1.CCC/C(C(=NC)C(C)C)=C(/N)C(=O)NCc1ccc(Cl)cc1. The topological polar surface area (TPSA) is 96.6 Å². The highest BCUT2D eigenvalue weighted by atomic mass is 35.5. The smallest absolute Gasteiger partial charge is 0.267 e. The van der Waals surface area contributed by atoms with Crippen LogP contribution < -0.4 is 16.4 Å². The van der Waals surface area contributed by atoms with Crippen molar-refractivity contribution in [2.45, 2.75) is 86.7 Å². The number of nitrogens with zero attached hydrogens (tertiary/aromatic N) is 1. The molecule has 1 saturated heterocycles. The molecule has 1 aromatic rings. The average Bonchev–Trinajstić information content (AvgIpc) is 3.26. The summed E-state index contributed by atoms with van der Waals surface area (Å²) < 4.78 is 0. The Balaban J connectivity index is 0.000000819. The monoisotopic (exact) mass is 492 g/mol. The van der Waals surface area contributed by atoms with Gasteiger partial charge in [-0.3, -0.25) is 14.6 Å². The summed E-state index contributed by atoms with van der Waals surface area (Å²) in [5.41, 5.74) is 9.09. The van der Waals surface area contributed by atoms with E-state index in [-0.39, 0.29) is 23.4 Å². The van der Waals surface area contributed by atoms with Gasteiger partial charge in [0.05, 0.1) is 0 Å². The normalized spacial score (nSPS) is 16.1. The quantitative estimate of drug-likeness (QED) is 0.323. The Labute approximate surface area is 211 Å². The summed E-state index contributed by atoms with van der Waals surface area (Å²) in [6.07, 6.45) is 3.40. The molecule has 2 rings (SSSR count). The Morgan fingerprint density at radius 3 is 2.18 bits per heavy atom. The molecule has 4 N–H and O–H groups in total. The molecule has 1 aromatic carbocycles. The second-order valence-corrected chi connectivity index (χ2v) is 9.11. The minimum Gasteiger partial charge on any atom is -0.394 e. The summed E-state index contributed by atoms with van der Waals surface area (Å²) in [4.78, 5) is 27.3. The maximum Gasteiger partial charge on any atom is 0.267 e. The van der Waals surface area contributed by atoms with Crippen molar-refractivity contribution in [2.24, 2.45) is 22.6 Å². The van der Waals surface area contributed by atoms with Gasteiger partial charge in [-0.25, -0.2) is 0 Å². The van der Waals surface area contributed by atoms with Gasteiger partial charge >= 0.3 is 0 Å². The Hall–Kier alpha value is -2.34. The number of halogens is 1. The fourth-order valence-corrected chi connectivity index (χ4v) is 3.67. The Morgan fingerprint density at radius 2 is 1.79 bits per heavy atom. The molecule has 0 spiro atoms. The van der Waals surface area contributed by atoms with Gasteiger partial charge in [-0.15, -0.1) is 0 Å². The van der Waals surface area contributed by atoms with Gasteiger partial charge in [0.25, 0.3) is 5.91 Å². The van der Waals surface area contributed by atoms with E-state index in [0.717, 1.165) is 42.5 Å². The number of nitrogens with two attached hydrogens (primary N) is 1. The van der Waals surface area contributed by atoms with Crippen molar-refractivity contribution in [2.75, 3.05) is 7.05 Å². The van der Waals surface area contributed by atoms with E-state index in [4.69, 9.17) is 17.3 Å². The number of allylic oxidation sites excluding steroid dienone is 1. The van der Waals surface area contributed by atoms with Gasteiger partial charge in [0.2, 0.25) is 5.91 Å². The zero-order valence-corrected chi connectivity index (χ0v) is 23.1. The van der Waals surface area contributed by atoms with Gasteiger partial charge in [0.1, 0.15) is 5.70 Å². The maximum atomic E-state index is 12.4. The van der Waals surface area contributed by atoms with Crippen molar-refractivity contribution in [1.29, 1.82) is 0 Å². The zero-order chi connectivity index (χ0) is 26.3. The number of nitrogens with one attached hydrogen (secondary N) is 2.